The molecule has 0 heterocycles. The van der Waals surface area contributed by atoms with Gasteiger partial charge in [-0.05, 0) is 48.4 Å². The van der Waals surface area contributed by atoms with Crippen molar-refractivity contribution >= 4 is 40.3 Å². The molecule has 0 fully saturated rings. The van der Waals surface area contributed by atoms with Gasteiger partial charge in [0.25, 0.3) is 5.69 Å². The van der Waals surface area contributed by atoms with E-state index in [-0.39, 0.29) is 29.7 Å². The molecule has 3 rings (SSSR count). The molecule has 0 N–H and O–H groups in total. The van der Waals surface area contributed by atoms with Gasteiger partial charge in [0.2, 0.25) is 0 Å². The molecule has 0 aromatic heterocycles. The molecule has 0 atom stereocenters. The van der Waals surface area contributed by atoms with Crippen LogP contribution in [0.25, 0.3) is 0 Å². The van der Waals surface area contributed by atoms with Gasteiger partial charge in [0.05, 0.1) is 22.1 Å². The number of nitrogens with zero attached hydrogens (tertiary/aromatic N) is 4. The number of halogens is 1. The molecule has 0 spiro atoms. The average molecular weight is 493 g/mol. The van der Waals surface area contributed by atoms with E-state index in [9.17, 15) is 14.9 Å². The van der Waals surface area contributed by atoms with Crippen LogP contribution in [0.5, 0.6) is 0 Å². The second kappa shape index (κ2) is 12.4. The Morgan fingerprint density at radius 2 is 1.80 bits per heavy atom. The van der Waals surface area contributed by atoms with Crippen molar-refractivity contribution in [3.05, 3.63) is 106 Å². The van der Waals surface area contributed by atoms with E-state index in [1.807, 2.05) is 49.4 Å². The van der Waals surface area contributed by atoms with Crippen molar-refractivity contribution in [1.82, 2.24) is 0 Å². The zero-order valence-corrected chi connectivity index (χ0v) is 20.0. The molecule has 0 aliphatic heterocycles. The number of rotatable bonds is 11. The average Bonchev–Trinajstić information content (AvgIpc) is 2.85. The number of hydrogen-bond acceptors (Lipinski definition) is 7. The van der Waals surface area contributed by atoms with E-state index in [0.717, 1.165) is 16.8 Å². The van der Waals surface area contributed by atoms with E-state index < -0.39 is 4.92 Å². The molecule has 0 amide bonds. The lowest BCUT2D eigenvalue weighted by molar-refractivity contribution is -0.384. The van der Waals surface area contributed by atoms with Crippen LogP contribution in [0.15, 0.2) is 95.2 Å². The number of benzene rings is 3. The molecule has 180 valence electrons. The SMILES string of the molecule is C=C(C)COC(=O)CCN(Cc1ccccc1)c1ccc(N=Nc2ccc([N+](=O)[O-])cc2Cl)cc1. The second-order valence-electron chi connectivity index (χ2n) is 7.88. The number of carbonyl (C=O) groups is 1. The van der Waals surface area contributed by atoms with Gasteiger partial charge in [-0.25, -0.2) is 0 Å². The molecule has 0 aliphatic carbocycles. The zero-order chi connectivity index (χ0) is 25.2. The molecular weight excluding hydrogens is 468 g/mol. The summed E-state index contributed by atoms with van der Waals surface area (Å²) in [5, 5.41) is 19.3. The number of carbonyl (C=O) groups excluding carboxylic acids is 1. The summed E-state index contributed by atoms with van der Waals surface area (Å²) in [7, 11) is 0. The third-order valence-corrected chi connectivity index (χ3v) is 5.21. The second-order valence-corrected chi connectivity index (χ2v) is 8.29. The predicted octanol–water partition coefficient (Wildman–Crippen LogP) is 7.18. The fourth-order valence-corrected chi connectivity index (χ4v) is 3.35. The van der Waals surface area contributed by atoms with Gasteiger partial charge in [0, 0.05) is 30.9 Å². The highest BCUT2D eigenvalue weighted by Gasteiger charge is 2.12. The van der Waals surface area contributed by atoms with Gasteiger partial charge in [-0.15, -0.1) is 5.11 Å². The van der Waals surface area contributed by atoms with E-state index in [4.69, 9.17) is 16.3 Å². The quantitative estimate of drug-likeness (QED) is 0.0927. The first-order valence-corrected chi connectivity index (χ1v) is 11.2. The Balaban J connectivity index is 1.72. The predicted molar refractivity (Wildman–Crippen MR) is 137 cm³/mol. The highest BCUT2D eigenvalue weighted by Crippen LogP contribution is 2.31. The van der Waals surface area contributed by atoms with Gasteiger partial charge in [0.1, 0.15) is 12.3 Å². The summed E-state index contributed by atoms with van der Waals surface area (Å²) < 4.78 is 5.22. The minimum absolute atomic E-state index is 0.111. The number of non-ortho nitro benzene ring substituents is 1. The zero-order valence-electron chi connectivity index (χ0n) is 19.3. The maximum Gasteiger partial charge on any atom is 0.307 e. The standard InChI is InChI=1S/C26H25ClN4O4/c1-19(2)18-35-26(32)14-15-30(17-20-6-4-3-5-7-20)22-10-8-21(9-11-22)28-29-25-13-12-23(31(33)34)16-24(25)27/h3-13,16H,1,14-15,17-18H2,2H3. The number of anilines is 1. The smallest absolute Gasteiger partial charge is 0.307 e. The van der Waals surface area contributed by atoms with Crippen molar-refractivity contribution in [1.29, 1.82) is 0 Å². The topological polar surface area (TPSA) is 97.4 Å². The summed E-state index contributed by atoms with van der Waals surface area (Å²) >= 11 is 6.08. The molecule has 3 aromatic carbocycles. The van der Waals surface area contributed by atoms with Crippen LogP contribution in [0.3, 0.4) is 0 Å². The summed E-state index contributed by atoms with van der Waals surface area (Å²) in [4.78, 5) is 24.5. The van der Waals surface area contributed by atoms with Gasteiger partial charge in [-0.1, -0.05) is 48.5 Å². The Hall–Kier alpha value is -4.04. The summed E-state index contributed by atoms with van der Waals surface area (Å²) in [6, 6.07) is 21.4. The van der Waals surface area contributed by atoms with Gasteiger partial charge in [-0.3, -0.25) is 14.9 Å². The molecule has 0 radical (unpaired) electrons. The molecule has 3 aromatic rings. The first-order chi connectivity index (χ1) is 16.8. The van der Waals surface area contributed by atoms with Crippen LogP contribution in [-0.4, -0.2) is 24.0 Å². The molecule has 9 heteroatoms. The maximum absolute atomic E-state index is 12.1. The minimum atomic E-state index is -0.521. The van der Waals surface area contributed by atoms with Crippen LogP contribution in [0.2, 0.25) is 5.02 Å². The fourth-order valence-electron chi connectivity index (χ4n) is 3.14. The fraction of sp³-hybridized carbons (Fsp3) is 0.192. The minimum Gasteiger partial charge on any atom is -0.461 e. The van der Waals surface area contributed by atoms with Crippen molar-refractivity contribution < 1.29 is 14.5 Å². The molecule has 0 saturated heterocycles. The Kier molecular flexibility index (Phi) is 9.09. The van der Waals surface area contributed by atoms with Crippen molar-refractivity contribution in [2.45, 2.75) is 19.9 Å². The monoisotopic (exact) mass is 492 g/mol. The number of hydrogen-bond donors (Lipinski definition) is 0. The number of esters is 1. The van der Waals surface area contributed by atoms with Gasteiger partial charge in [0.15, 0.2) is 0 Å². The Morgan fingerprint density at radius 3 is 2.43 bits per heavy atom. The Bertz CT molecular complexity index is 1210. The van der Waals surface area contributed by atoms with Gasteiger partial charge >= 0.3 is 5.97 Å². The Morgan fingerprint density at radius 1 is 1.09 bits per heavy atom. The lowest BCUT2D eigenvalue weighted by Crippen LogP contribution is -2.26. The number of ether oxygens (including phenoxy) is 1. The van der Waals surface area contributed by atoms with Crippen LogP contribution in [-0.2, 0) is 16.1 Å². The van der Waals surface area contributed by atoms with Crippen LogP contribution >= 0.6 is 11.6 Å². The molecule has 0 bridgehead atoms. The maximum atomic E-state index is 12.1. The highest BCUT2D eigenvalue weighted by molar-refractivity contribution is 6.33. The van der Waals surface area contributed by atoms with E-state index in [1.54, 1.807) is 12.1 Å². The molecule has 0 aliphatic rings. The molecule has 0 saturated carbocycles. The normalized spacial score (nSPS) is 10.8. The third kappa shape index (κ3) is 8.04. The Labute approximate surface area is 208 Å². The first kappa shape index (κ1) is 25.6. The van der Waals surface area contributed by atoms with E-state index >= 15 is 0 Å². The lowest BCUT2D eigenvalue weighted by Gasteiger charge is -2.25. The molecule has 35 heavy (non-hydrogen) atoms. The van der Waals surface area contributed by atoms with Gasteiger partial charge < -0.3 is 9.64 Å². The van der Waals surface area contributed by atoms with Crippen molar-refractivity contribution in [3.8, 4) is 0 Å². The summed E-state index contributed by atoms with van der Waals surface area (Å²) in [5.41, 5.74) is 3.62. The highest BCUT2D eigenvalue weighted by atomic mass is 35.5. The molecule has 8 nitrogen and oxygen atoms in total. The van der Waals surface area contributed by atoms with Crippen LogP contribution in [0, 0.1) is 10.1 Å². The largest absolute Gasteiger partial charge is 0.461 e. The molecule has 0 unspecified atom stereocenters. The van der Waals surface area contributed by atoms with Crippen molar-refractivity contribution in [2.24, 2.45) is 10.2 Å². The number of azo groups is 1. The van der Waals surface area contributed by atoms with Gasteiger partial charge in [-0.2, -0.15) is 5.11 Å². The third-order valence-electron chi connectivity index (χ3n) is 4.91. The lowest BCUT2D eigenvalue weighted by atomic mass is 10.2. The summed E-state index contributed by atoms with van der Waals surface area (Å²) in [6.45, 7) is 6.87. The van der Waals surface area contributed by atoms with Crippen LogP contribution in [0.1, 0.15) is 18.9 Å². The van der Waals surface area contributed by atoms with Crippen molar-refractivity contribution in [3.63, 3.8) is 0 Å². The number of nitro benzene ring substituents is 1. The van der Waals surface area contributed by atoms with Crippen LogP contribution < -0.4 is 4.90 Å². The summed E-state index contributed by atoms with van der Waals surface area (Å²) in [6.07, 6.45) is 0.236. The van der Waals surface area contributed by atoms with Crippen LogP contribution in [0.4, 0.5) is 22.7 Å². The number of nitro groups is 1. The first-order valence-electron chi connectivity index (χ1n) is 10.9. The van der Waals surface area contributed by atoms with E-state index in [0.29, 0.717) is 24.5 Å². The van der Waals surface area contributed by atoms with Crippen molar-refractivity contribution in [2.75, 3.05) is 18.1 Å². The molecular formula is C26H25ClN4O4. The summed E-state index contributed by atoms with van der Waals surface area (Å²) in [5.74, 6) is -0.281. The van der Waals surface area contributed by atoms with E-state index in [2.05, 4.69) is 21.7 Å². The van der Waals surface area contributed by atoms with E-state index in [1.165, 1.54) is 18.2 Å².